The summed E-state index contributed by atoms with van der Waals surface area (Å²) in [4.78, 5) is 33.1. The number of urea groups is 1. The Balaban J connectivity index is 1.66. The molecule has 1 unspecified atom stereocenters. The first-order chi connectivity index (χ1) is 15.7. The van der Waals surface area contributed by atoms with Gasteiger partial charge in [0.05, 0.1) is 6.04 Å². The molecule has 11 heteroatoms. The molecule has 0 saturated heterocycles. The van der Waals surface area contributed by atoms with E-state index >= 15 is 0 Å². The van der Waals surface area contributed by atoms with Crippen molar-refractivity contribution in [3.63, 3.8) is 0 Å². The van der Waals surface area contributed by atoms with Crippen molar-refractivity contribution in [2.75, 3.05) is 38.3 Å². The zero-order chi connectivity index (χ0) is 24.0. The molecule has 1 aliphatic rings. The molecular weight excluding hydrogens is 444 g/mol. The number of hydrogen-bond acceptors (Lipinski definition) is 8. The molecule has 0 spiro atoms. The maximum absolute atomic E-state index is 12.9. The lowest BCUT2D eigenvalue weighted by atomic mass is 10.2. The number of nitrogens with one attached hydrogen (secondary N) is 2. The predicted octanol–water partition coefficient (Wildman–Crippen LogP) is 1.73. The lowest BCUT2D eigenvalue weighted by Crippen LogP contribution is -2.39. The Bertz CT molecular complexity index is 1030. The Kier molecular flexibility index (Phi) is 8.01. The molecule has 10 nitrogen and oxygen atoms in total. The molecule has 1 atom stereocenters. The first-order valence-corrected chi connectivity index (χ1v) is 11.3. The molecular formula is C22H28N6O4S. The van der Waals surface area contributed by atoms with E-state index in [1.54, 1.807) is 35.0 Å². The average Bonchev–Trinajstić information content (AvgIpc) is 3.18. The standard InChI is InChI=1S/C22H28N6O4S/c1-27(2)7-8-28(22(32)25-15-4-6-19(29)20(30)9-15)11-14-3-5-17(24-10-14)21(31)26-18-13-33-12-16(18)23/h3-6,9-10,12,18,29-30H,7-8,11,13,23H2,1-2H3,(H,25,32)(H,26,31). The van der Waals surface area contributed by atoms with Gasteiger partial charge in [0.2, 0.25) is 0 Å². The maximum Gasteiger partial charge on any atom is 0.322 e. The number of thioether (sulfide) groups is 1. The summed E-state index contributed by atoms with van der Waals surface area (Å²) in [6.45, 7) is 1.35. The Morgan fingerprint density at radius 2 is 1.97 bits per heavy atom. The summed E-state index contributed by atoms with van der Waals surface area (Å²) in [6, 6.07) is 6.88. The second-order valence-electron chi connectivity index (χ2n) is 7.89. The van der Waals surface area contributed by atoms with Crippen LogP contribution < -0.4 is 16.4 Å². The third-order valence-electron chi connectivity index (χ3n) is 4.95. The second kappa shape index (κ2) is 10.9. The summed E-state index contributed by atoms with van der Waals surface area (Å²) >= 11 is 1.55. The SMILES string of the molecule is CN(C)CCN(Cc1ccc(C(=O)NC2CSC=C2N)nc1)C(=O)Nc1ccc(O)c(O)c1. The number of aromatic nitrogens is 1. The Hall–Kier alpha value is -3.44. The number of carbonyl (C=O) groups excluding carboxylic acids is 2. The van der Waals surface area contributed by atoms with E-state index < -0.39 is 0 Å². The zero-order valence-corrected chi connectivity index (χ0v) is 19.3. The van der Waals surface area contributed by atoms with Gasteiger partial charge in [0, 0.05) is 49.0 Å². The summed E-state index contributed by atoms with van der Waals surface area (Å²) < 4.78 is 0. The Morgan fingerprint density at radius 1 is 1.18 bits per heavy atom. The molecule has 0 saturated carbocycles. The van der Waals surface area contributed by atoms with Crippen LogP contribution in [0.2, 0.25) is 0 Å². The van der Waals surface area contributed by atoms with Gasteiger partial charge in [-0.15, -0.1) is 11.8 Å². The van der Waals surface area contributed by atoms with Crippen molar-refractivity contribution in [3.05, 3.63) is 58.9 Å². The number of benzene rings is 1. The summed E-state index contributed by atoms with van der Waals surface area (Å²) in [6.07, 6.45) is 1.57. The quantitative estimate of drug-likeness (QED) is 0.289. The van der Waals surface area contributed by atoms with E-state index in [4.69, 9.17) is 5.73 Å². The average molecular weight is 473 g/mol. The van der Waals surface area contributed by atoms with E-state index in [1.807, 2.05) is 24.4 Å². The number of anilines is 1. The van der Waals surface area contributed by atoms with Crippen LogP contribution >= 0.6 is 11.8 Å². The number of nitrogens with two attached hydrogens (primary N) is 1. The molecule has 6 N–H and O–H groups in total. The number of likely N-dealkylation sites (N-methyl/N-ethyl adjacent to an activating group) is 1. The van der Waals surface area contributed by atoms with E-state index in [0.717, 1.165) is 5.56 Å². The highest BCUT2D eigenvalue weighted by atomic mass is 32.2. The number of nitrogens with zero attached hydrogens (tertiary/aromatic N) is 3. The molecule has 176 valence electrons. The molecule has 0 fully saturated rings. The molecule has 33 heavy (non-hydrogen) atoms. The molecule has 0 bridgehead atoms. The molecule has 1 aromatic carbocycles. The summed E-state index contributed by atoms with van der Waals surface area (Å²) in [5.74, 6) is -0.193. The topological polar surface area (TPSA) is 144 Å². The van der Waals surface area contributed by atoms with E-state index in [-0.39, 0.29) is 41.7 Å². The fraction of sp³-hybridized carbons (Fsp3) is 0.318. The molecule has 3 amide bonds. The fourth-order valence-corrected chi connectivity index (χ4v) is 3.95. The van der Waals surface area contributed by atoms with Crippen LogP contribution in [-0.4, -0.2) is 75.9 Å². The van der Waals surface area contributed by atoms with Gasteiger partial charge in [0.15, 0.2) is 11.5 Å². The molecule has 0 aliphatic carbocycles. The molecule has 2 aromatic rings. The van der Waals surface area contributed by atoms with Crippen LogP contribution in [0.1, 0.15) is 16.1 Å². The number of rotatable bonds is 8. The van der Waals surface area contributed by atoms with E-state index in [9.17, 15) is 19.8 Å². The van der Waals surface area contributed by atoms with Crippen molar-refractivity contribution in [3.8, 4) is 11.5 Å². The number of pyridine rings is 1. The van der Waals surface area contributed by atoms with Crippen molar-refractivity contribution in [2.24, 2.45) is 5.73 Å². The van der Waals surface area contributed by atoms with Crippen molar-refractivity contribution in [1.82, 2.24) is 20.1 Å². The largest absolute Gasteiger partial charge is 0.504 e. The van der Waals surface area contributed by atoms with Crippen LogP contribution in [0, 0.1) is 0 Å². The number of aromatic hydroxyl groups is 2. The maximum atomic E-state index is 12.9. The van der Waals surface area contributed by atoms with Gasteiger partial charge in [-0.25, -0.2) is 4.79 Å². The van der Waals surface area contributed by atoms with Crippen molar-refractivity contribution < 1.29 is 19.8 Å². The van der Waals surface area contributed by atoms with Crippen LogP contribution in [0.15, 0.2) is 47.6 Å². The lowest BCUT2D eigenvalue weighted by Gasteiger charge is -2.25. The Morgan fingerprint density at radius 3 is 2.58 bits per heavy atom. The third-order valence-corrected chi connectivity index (χ3v) is 5.92. The second-order valence-corrected chi connectivity index (χ2v) is 8.79. The van der Waals surface area contributed by atoms with Gasteiger partial charge in [0.1, 0.15) is 5.69 Å². The van der Waals surface area contributed by atoms with Crippen molar-refractivity contribution in [2.45, 2.75) is 12.6 Å². The van der Waals surface area contributed by atoms with E-state index in [2.05, 4.69) is 15.6 Å². The smallest absolute Gasteiger partial charge is 0.322 e. The highest BCUT2D eigenvalue weighted by molar-refractivity contribution is 8.02. The normalized spacial score (nSPS) is 15.2. The minimum Gasteiger partial charge on any atom is -0.504 e. The van der Waals surface area contributed by atoms with E-state index in [1.165, 1.54) is 18.2 Å². The molecule has 2 heterocycles. The van der Waals surface area contributed by atoms with Crippen LogP contribution in [0.3, 0.4) is 0 Å². The van der Waals surface area contributed by atoms with Gasteiger partial charge in [-0.2, -0.15) is 0 Å². The molecule has 0 radical (unpaired) electrons. The lowest BCUT2D eigenvalue weighted by molar-refractivity contribution is 0.0940. The molecule has 1 aliphatic heterocycles. The zero-order valence-electron chi connectivity index (χ0n) is 18.5. The van der Waals surface area contributed by atoms with Gasteiger partial charge in [-0.05, 0) is 43.3 Å². The third kappa shape index (κ3) is 6.77. The number of phenolic OH excluding ortho intramolecular Hbond substituents is 2. The molecule has 1 aromatic heterocycles. The van der Waals surface area contributed by atoms with Crippen molar-refractivity contribution >= 4 is 29.4 Å². The van der Waals surface area contributed by atoms with Crippen LogP contribution in [0.25, 0.3) is 0 Å². The fourth-order valence-electron chi connectivity index (χ4n) is 3.03. The number of amides is 3. The van der Waals surface area contributed by atoms with Gasteiger partial charge in [-0.3, -0.25) is 9.78 Å². The first kappa shape index (κ1) is 24.2. The van der Waals surface area contributed by atoms with Gasteiger partial charge in [-0.1, -0.05) is 6.07 Å². The highest BCUT2D eigenvalue weighted by Gasteiger charge is 2.21. The minimum absolute atomic E-state index is 0.200. The predicted molar refractivity (Wildman–Crippen MR) is 128 cm³/mol. The van der Waals surface area contributed by atoms with Gasteiger partial charge >= 0.3 is 6.03 Å². The van der Waals surface area contributed by atoms with Crippen molar-refractivity contribution in [1.29, 1.82) is 0 Å². The van der Waals surface area contributed by atoms with Gasteiger partial charge < -0.3 is 36.4 Å². The summed E-state index contributed by atoms with van der Waals surface area (Å²) in [5.41, 5.74) is 7.88. The first-order valence-electron chi connectivity index (χ1n) is 10.3. The van der Waals surface area contributed by atoms with Gasteiger partial charge in [0.25, 0.3) is 5.91 Å². The van der Waals surface area contributed by atoms with Crippen LogP contribution in [0.4, 0.5) is 10.5 Å². The monoisotopic (exact) mass is 472 g/mol. The number of carbonyl (C=O) groups is 2. The number of phenols is 2. The molecule has 3 rings (SSSR count). The van der Waals surface area contributed by atoms with E-state index in [0.29, 0.717) is 30.2 Å². The summed E-state index contributed by atoms with van der Waals surface area (Å²) in [5, 5.41) is 26.5. The minimum atomic E-state index is -0.371. The highest BCUT2D eigenvalue weighted by Crippen LogP contribution is 2.27. The Labute approximate surface area is 196 Å². The number of hydrogen-bond donors (Lipinski definition) is 5. The summed E-state index contributed by atoms with van der Waals surface area (Å²) in [7, 11) is 3.82. The van der Waals surface area contributed by atoms with Crippen LogP contribution in [0.5, 0.6) is 11.5 Å². The van der Waals surface area contributed by atoms with Crippen LogP contribution in [-0.2, 0) is 6.54 Å².